The highest BCUT2D eigenvalue weighted by Gasteiger charge is 2.36. The number of hydrogen-bond donors (Lipinski definition) is 2. The van der Waals surface area contributed by atoms with Gasteiger partial charge in [0.1, 0.15) is 11.8 Å². The summed E-state index contributed by atoms with van der Waals surface area (Å²) in [5.74, 6) is 0.682. The van der Waals surface area contributed by atoms with E-state index in [0.29, 0.717) is 35.8 Å². The Bertz CT molecular complexity index is 1080. The highest BCUT2D eigenvalue weighted by atomic mass is 16.5. The van der Waals surface area contributed by atoms with Crippen LogP contribution >= 0.6 is 0 Å². The minimum Gasteiger partial charge on any atom is -0.493 e. The molecule has 0 aliphatic heterocycles. The van der Waals surface area contributed by atoms with Gasteiger partial charge >= 0.3 is 0 Å². The molecule has 204 valence electrons. The zero-order valence-corrected chi connectivity index (χ0v) is 23.1. The molecule has 2 N–H and O–H groups in total. The van der Waals surface area contributed by atoms with Crippen LogP contribution in [0, 0.1) is 12.8 Å². The van der Waals surface area contributed by atoms with Gasteiger partial charge in [0.05, 0.1) is 14.2 Å². The van der Waals surface area contributed by atoms with Crippen molar-refractivity contribution in [2.24, 2.45) is 5.92 Å². The second-order valence-corrected chi connectivity index (χ2v) is 10.0. The van der Waals surface area contributed by atoms with Gasteiger partial charge in [0.2, 0.25) is 17.7 Å². The zero-order valence-electron chi connectivity index (χ0n) is 23.1. The Balaban J connectivity index is 2.42. The first-order chi connectivity index (χ1) is 17.4. The van der Waals surface area contributed by atoms with Crippen LogP contribution in [0.15, 0.2) is 28.8 Å². The molecule has 2 aromatic rings. The molecule has 0 aliphatic carbocycles. The van der Waals surface area contributed by atoms with Gasteiger partial charge in [0.25, 0.3) is 0 Å². The van der Waals surface area contributed by atoms with Crippen LogP contribution in [-0.2, 0) is 14.4 Å². The third-order valence-corrected chi connectivity index (χ3v) is 5.98. The number of nitrogens with zero attached hydrogens (tertiary/aromatic N) is 2. The molecule has 37 heavy (non-hydrogen) atoms. The van der Waals surface area contributed by atoms with E-state index in [-0.39, 0.29) is 42.3 Å². The van der Waals surface area contributed by atoms with Crippen molar-refractivity contribution in [3.63, 3.8) is 0 Å². The molecule has 1 atom stereocenters. The van der Waals surface area contributed by atoms with Crippen LogP contribution in [0.1, 0.15) is 71.2 Å². The standard InChI is InChI=1S/C27H40N4O6/c1-9-27(5,6)29-26(34)24(19-11-10-12-20(35-7)25(19)36-8)31(16-17(2)3)23(33)14-13-22(32)28-21-15-18(4)37-30-21/h10-12,15,17,24H,9,13-14,16H2,1-8H3,(H,29,34)(H,28,30,32)/t24-/m1/s1. The van der Waals surface area contributed by atoms with Crippen molar-refractivity contribution >= 4 is 23.5 Å². The Morgan fingerprint density at radius 3 is 2.38 bits per heavy atom. The van der Waals surface area contributed by atoms with Gasteiger partial charge in [-0.1, -0.05) is 38.1 Å². The summed E-state index contributed by atoms with van der Waals surface area (Å²) >= 11 is 0. The van der Waals surface area contributed by atoms with Gasteiger partial charge in [0, 0.05) is 36.6 Å². The Morgan fingerprint density at radius 2 is 1.84 bits per heavy atom. The lowest BCUT2D eigenvalue weighted by Crippen LogP contribution is -2.51. The highest BCUT2D eigenvalue weighted by Crippen LogP contribution is 2.38. The Labute approximate surface area is 219 Å². The number of nitrogens with one attached hydrogen (secondary N) is 2. The summed E-state index contributed by atoms with van der Waals surface area (Å²) in [5.41, 5.74) is 0.00614. The monoisotopic (exact) mass is 516 g/mol. The quantitative estimate of drug-likeness (QED) is 0.408. The second kappa shape index (κ2) is 13.1. The van der Waals surface area contributed by atoms with Gasteiger partial charge in [-0.15, -0.1) is 0 Å². The number of rotatable bonds is 13. The molecule has 0 unspecified atom stereocenters. The molecule has 2 rings (SSSR count). The lowest BCUT2D eigenvalue weighted by molar-refractivity contribution is -0.142. The summed E-state index contributed by atoms with van der Waals surface area (Å²) in [6.07, 6.45) is 0.520. The van der Waals surface area contributed by atoms with E-state index in [1.165, 1.54) is 19.1 Å². The Morgan fingerprint density at radius 1 is 1.14 bits per heavy atom. The number of carbonyl (C=O) groups is 3. The maximum Gasteiger partial charge on any atom is 0.248 e. The third-order valence-electron chi connectivity index (χ3n) is 5.98. The molecule has 1 aromatic carbocycles. The van der Waals surface area contributed by atoms with Gasteiger partial charge in [-0.2, -0.15) is 0 Å². The first kappa shape index (κ1) is 29.7. The van der Waals surface area contributed by atoms with Gasteiger partial charge in [-0.25, -0.2) is 0 Å². The predicted octanol–water partition coefficient (Wildman–Crippen LogP) is 4.25. The summed E-state index contributed by atoms with van der Waals surface area (Å²) in [5, 5.41) is 9.44. The fraction of sp³-hybridized carbons (Fsp3) is 0.556. The van der Waals surface area contributed by atoms with E-state index >= 15 is 0 Å². The number of aromatic nitrogens is 1. The number of amides is 3. The molecule has 0 fully saturated rings. The Kier molecular flexibility index (Phi) is 10.5. The molecule has 0 saturated carbocycles. The average molecular weight is 517 g/mol. The van der Waals surface area contributed by atoms with Crippen LogP contribution in [0.5, 0.6) is 11.5 Å². The molecule has 0 saturated heterocycles. The van der Waals surface area contributed by atoms with Gasteiger partial charge < -0.3 is 29.5 Å². The van der Waals surface area contributed by atoms with Crippen LogP contribution in [0.4, 0.5) is 5.82 Å². The summed E-state index contributed by atoms with van der Waals surface area (Å²) in [6, 6.07) is 5.85. The van der Waals surface area contributed by atoms with Crippen molar-refractivity contribution in [1.82, 2.24) is 15.4 Å². The second-order valence-electron chi connectivity index (χ2n) is 10.0. The Hall–Kier alpha value is -3.56. The van der Waals surface area contributed by atoms with Gasteiger partial charge in [-0.05, 0) is 39.2 Å². The van der Waals surface area contributed by atoms with Crippen molar-refractivity contribution < 1.29 is 28.4 Å². The van der Waals surface area contributed by atoms with Crippen molar-refractivity contribution in [2.45, 2.75) is 72.4 Å². The topological polar surface area (TPSA) is 123 Å². The smallest absolute Gasteiger partial charge is 0.248 e. The van der Waals surface area contributed by atoms with E-state index in [2.05, 4.69) is 15.8 Å². The maximum atomic E-state index is 13.8. The van der Waals surface area contributed by atoms with E-state index in [0.717, 1.165) is 0 Å². The SMILES string of the molecule is CCC(C)(C)NC(=O)[C@@H](c1cccc(OC)c1OC)N(CC(C)C)C(=O)CCC(=O)Nc1cc(C)on1. The van der Waals surface area contributed by atoms with Crippen LogP contribution in [-0.4, -0.2) is 54.1 Å². The summed E-state index contributed by atoms with van der Waals surface area (Å²) in [6.45, 7) is 11.8. The van der Waals surface area contributed by atoms with Gasteiger partial charge in [0.15, 0.2) is 17.3 Å². The molecule has 1 aromatic heterocycles. The first-order valence-electron chi connectivity index (χ1n) is 12.5. The van der Waals surface area contributed by atoms with Crippen LogP contribution in [0.25, 0.3) is 0 Å². The fourth-order valence-corrected chi connectivity index (χ4v) is 3.81. The molecule has 1 heterocycles. The molecule has 0 spiro atoms. The third kappa shape index (κ3) is 8.23. The largest absolute Gasteiger partial charge is 0.493 e. The number of benzene rings is 1. The van der Waals surface area contributed by atoms with Crippen molar-refractivity contribution in [1.29, 1.82) is 0 Å². The van der Waals surface area contributed by atoms with E-state index in [9.17, 15) is 14.4 Å². The normalized spacial score (nSPS) is 12.1. The average Bonchev–Trinajstić information content (AvgIpc) is 3.25. The van der Waals surface area contributed by atoms with E-state index in [4.69, 9.17) is 14.0 Å². The number of aryl methyl sites for hydroxylation is 1. The van der Waals surface area contributed by atoms with Crippen LogP contribution < -0.4 is 20.1 Å². The van der Waals surface area contributed by atoms with Crippen molar-refractivity contribution in [3.8, 4) is 11.5 Å². The lowest BCUT2D eigenvalue weighted by atomic mass is 9.97. The number of carbonyl (C=O) groups excluding carboxylic acids is 3. The van der Waals surface area contributed by atoms with Gasteiger partial charge in [-0.3, -0.25) is 14.4 Å². The van der Waals surface area contributed by atoms with E-state index in [1.54, 1.807) is 31.2 Å². The van der Waals surface area contributed by atoms with E-state index < -0.39 is 11.6 Å². The number of para-hydroxylation sites is 1. The molecule has 0 bridgehead atoms. The van der Waals surface area contributed by atoms with E-state index in [1.807, 2.05) is 34.6 Å². The van der Waals surface area contributed by atoms with Crippen molar-refractivity contribution in [3.05, 3.63) is 35.6 Å². The molecule has 3 amide bonds. The minimum atomic E-state index is -0.993. The van der Waals surface area contributed by atoms with Crippen LogP contribution in [0.2, 0.25) is 0 Å². The molecular formula is C27H40N4O6. The zero-order chi connectivity index (χ0) is 27.8. The first-order valence-corrected chi connectivity index (χ1v) is 12.5. The summed E-state index contributed by atoms with van der Waals surface area (Å²) < 4.78 is 16.1. The number of methoxy groups -OCH3 is 2. The number of ether oxygens (including phenoxy) is 2. The lowest BCUT2D eigenvalue weighted by Gasteiger charge is -2.36. The highest BCUT2D eigenvalue weighted by molar-refractivity contribution is 5.94. The molecule has 10 nitrogen and oxygen atoms in total. The number of hydrogen-bond acceptors (Lipinski definition) is 7. The molecule has 0 aliphatic rings. The summed E-state index contributed by atoms with van der Waals surface area (Å²) in [4.78, 5) is 41.4. The molecular weight excluding hydrogens is 476 g/mol. The molecule has 0 radical (unpaired) electrons. The number of anilines is 1. The molecule has 10 heteroatoms. The van der Waals surface area contributed by atoms with Crippen molar-refractivity contribution in [2.75, 3.05) is 26.1 Å². The maximum absolute atomic E-state index is 13.8. The predicted molar refractivity (Wildman–Crippen MR) is 140 cm³/mol. The van der Waals surface area contributed by atoms with Crippen LogP contribution in [0.3, 0.4) is 0 Å². The fourth-order valence-electron chi connectivity index (χ4n) is 3.81. The summed E-state index contributed by atoms with van der Waals surface area (Å²) in [7, 11) is 3.01. The minimum absolute atomic E-state index is 0.0574.